The molecular weight excluding hydrogens is 346 g/mol. The Balaban J connectivity index is 1.83. The summed E-state index contributed by atoms with van der Waals surface area (Å²) in [4.78, 5) is 24.5. The van der Waals surface area contributed by atoms with Gasteiger partial charge in [0.05, 0.1) is 5.71 Å². The molecule has 27 heavy (non-hydrogen) atoms. The molecule has 3 rings (SSSR count). The molecule has 0 bridgehead atoms. The highest BCUT2D eigenvalue weighted by atomic mass is 16.4. The first-order chi connectivity index (χ1) is 13.0. The second-order valence-corrected chi connectivity index (χ2v) is 6.25. The van der Waals surface area contributed by atoms with Gasteiger partial charge >= 0.3 is 0 Å². The molecule has 1 aliphatic rings. The fraction of sp³-hybridized carbons (Fsp3) is 0.250. The normalized spacial score (nSPS) is 14.5. The number of benzene rings is 1. The van der Waals surface area contributed by atoms with Crippen molar-refractivity contribution < 1.29 is 19.1 Å². The summed E-state index contributed by atoms with van der Waals surface area (Å²) in [5, 5.41) is 16.3. The van der Waals surface area contributed by atoms with Crippen molar-refractivity contribution in [3.8, 4) is 5.75 Å². The van der Waals surface area contributed by atoms with Crippen LogP contribution in [0, 0.1) is 6.92 Å². The second-order valence-electron chi connectivity index (χ2n) is 6.25. The third kappa shape index (κ3) is 3.92. The molecule has 0 spiro atoms. The first kappa shape index (κ1) is 18.4. The molecule has 7 nitrogen and oxygen atoms in total. The van der Waals surface area contributed by atoms with Gasteiger partial charge in [-0.15, -0.1) is 6.58 Å². The van der Waals surface area contributed by atoms with Crippen LogP contribution < -0.4 is 10.7 Å². The highest BCUT2D eigenvalue weighted by Gasteiger charge is 2.27. The van der Waals surface area contributed by atoms with Crippen molar-refractivity contribution in [3.63, 3.8) is 0 Å². The van der Waals surface area contributed by atoms with Crippen molar-refractivity contribution in [1.29, 1.82) is 0 Å². The van der Waals surface area contributed by atoms with Gasteiger partial charge in [0, 0.05) is 29.7 Å². The van der Waals surface area contributed by atoms with Crippen LogP contribution in [0.4, 0.5) is 0 Å². The molecule has 0 radical (unpaired) electrons. The number of carbonyl (C=O) groups is 2. The van der Waals surface area contributed by atoms with Crippen molar-refractivity contribution in [1.82, 2.24) is 10.7 Å². The lowest BCUT2D eigenvalue weighted by atomic mass is 9.93. The van der Waals surface area contributed by atoms with E-state index in [4.69, 9.17) is 4.42 Å². The van der Waals surface area contributed by atoms with Gasteiger partial charge < -0.3 is 14.8 Å². The number of fused-ring (bicyclic) bond motifs is 1. The van der Waals surface area contributed by atoms with Crippen LogP contribution in [-0.2, 0) is 6.42 Å². The van der Waals surface area contributed by atoms with Crippen LogP contribution in [0.25, 0.3) is 0 Å². The van der Waals surface area contributed by atoms with E-state index in [1.54, 1.807) is 6.08 Å². The van der Waals surface area contributed by atoms with Crippen molar-refractivity contribution in [3.05, 3.63) is 65.1 Å². The number of phenols is 1. The maximum atomic E-state index is 12.2. The molecule has 1 aromatic heterocycles. The molecule has 0 unspecified atom stereocenters. The van der Waals surface area contributed by atoms with Crippen LogP contribution in [0.2, 0.25) is 0 Å². The first-order valence-corrected chi connectivity index (χ1v) is 8.69. The van der Waals surface area contributed by atoms with Gasteiger partial charge in [0.1, 0.15) is 11.5 Å². The number of furan rings is 1. The molecular formula is C20H21N3O4. The first-order valence-electron chi connectivity index (χ1n) is 8.69. The Morgan fingerprint density at radius 2 is 2.00 bits per heavy atom. The molecule has 2 amide bonds. The van der Waals surface area contributed by atoms with Crippen LogP contribution in [0.3, 0.4) is 0 Å². The van der Waals surface area contributed by atoms with Crippen molar-refractivity contribution >= 4 is 17.5 Å². The van der Waals surface area contributed by atoms with Gasteiger partial charge in [0.25, 0.3) is 11.8 Å². The molecule has 140 valence electrons. The van der Waals surface area contributed by atoms with E-state index in [9.17, 15) is 14.7 Å². The quantitative estimate of drug-likeness (QED) is 0.558. The Kier molecular flexibility index (Phi) is 5.40. The zero-order chi connectivity index (χ0) is 19.4. The Bertz CT molecular complexity index is 910. The topological polar surface area (TPSA) is 104 Å². The van der Waals surface area contributed by atoms with E-state index < -0.39 is 0 Å². The van der Waals surface area contributed by atoms with Gasteiger partial charge in [-0.1, -0.05) is 6.08 Å². The number of hydrazone groups is 1. The van der Waals surface area contributed by atoms with Gasteiger partial charge in [-0.3, -0.25) is 9.59 Å². The van der Waals surface area contributed by atoms with Gasteiger partial charge in [-0.25, -0.2) is 5.43 Å². The molecule has 1 heterocycles. The molecule has 7 heteroatoms. The predicted octanol–water partition coefficient (Wildman–Crippen LogP) is 2.68. The minimum absolute atomic E-state index is 0.0890. The van der Waals surface area contributed by atoms with Crippen molar-refractivity contribution in [2.75, 3.05) is 6.54 Å². The summed E-state index contributed by atoms with van der Waals surface area (Å²) < 4.78 is 5.76. The monoisotopic (exact) mass is 367 g/mol. The average Bonchev–Trinajstić information content (AvgIpc) is 3.02. The Labute approximate surface area is 156 Å². The lowest BCUT2D eigenvalue weighted by Gasteiger charge is -2.13. The minimum Gasteiger partial charge on any atom is -0.508 e. The molecule has 3 N–H and O–H groups in total. The number of rotatable bonds is 5. The van der Waals surface area contributed by atoms with Gasteiger partial charge in [-0.05, 0) is 44.0 Å². The fourth-order valence-corrected chi connectivity index (χ4v) is 3.04. The maximum Gasteiger partial charge on any atom is 0.287 e. The number of aryl methyl sites for hydroxylation is 1. The number of carbonyl (C=O) groups excluding carboxylic acids is 2. The van der Waals surface area contributed by atoms with Gasteiger partial charge in [0.2, 0.25) is 0 Å². The lowest BCUT2D eigenvalue weighted by molar-refractivity contribution is 0.0926. The fourth-order valence-electron chi connectivity index (χ4n) is 3.04. The standard InChI is InChI=1S/C20H21N3O4/c1-3-11-21-20(26)18-12(2)17-15(5-4-6-16(17)27-18)22-23-19(25)13-7-9-14(24)10-8-13/h3,7-10,24H,1,4-6,11H2,2H3,(H,21,26)(H,23,25)/b22-15+. The summed E-state index contributed by atoms with van der Waals surface area (Å²) in [6, 6.07) is 5.91. The van der Waals surface area contributed by atoms with Crippen LogP contribution in [0.1, 0.15) is 50.6 Å². The van der Waals surface area contributed by atoms with E-state index in [1.807, 2.05) is 6.92 Å². The van der Waals surface area contributed by atoms with E-state index in [0.29, 0.717) is 35.6 Å². The van der Waals surface area contributed by atoms with E-state index in [-0.39, 0.29) is 23.3 Å². The van der Waals surface area contributed by atoms with Crippen LogP contribution in [0.5, 0.6) is 5.75 Å². The SMILES string of the molecule is C=CCNC(=O)c1oc2c(c1C)/C(=N/NC(=O)c1ccc(O)cc1)CCC2. The van der Waals surface area contributed by atoms with Gasteiger partial charge in [0.15, 0.2) is 5.76 Å². The van der Waals surface area contributed by atoms with Crippen LogP contribution in [-0.4, -0.2) is 29.2 Å². The average molecular weight is 367 g/mol. The zero-order valence-electron chi connectivity index (χ0n) is 15.0. The third-order valence-electron chi connectivity index (χ3n) is 4.36. The number of hydrogen-bond acceptors (Lipinski definition) is 5. The Morgan fingerprint density at radius 1 is 1.26 bits per heavy atom. The summed E-state index contributed by atoms with van der Waals surface area (Å²) >= 11 is 0. The molecule has 1 aliphatic carbocycles. The zero-order valence-corrected chi connectivity index (χ0v) is 15.0. The van der Waals surface area contributed by atoms with Crippen molar-refractivity contribution in [2.45, 2.75) is 26.2 Å². The second kappa shape index (κ2) is 7.90. The summed E-state index contributed by atoms with van der Waals surface area (Å²) in [7, 11) is 0. The molecule has 2 aromatic rings. The third-order valence-corrected chi connectivity index (χ3v) is 4.36. The number of hydrogen-bond donors (Lipinski definition) is 3. The number of amides is 2. The van der Waals surface area contributed by atoms with E-state index in [2.05, 4.69) is 22.4 Å². The summed E-state index contributed by atoms with van der Waals surface area (Å²) in [6.45, 7) is 5.75. The van der Waals surface area contributed by atoms with E-state index >= 15 is 0 Å². The number of phenolic OH excluding ortho intramolecular Hbond substituents is 1. The van der Waals surface area contributed by atoms with E-state index in [1.165, 1.54) is 24.3 Å². The van der Waals surface area contributed by atoms with Crippen LogP contribution in [0.15, 0.2) is 46.4 Å². The van der Waals surface area contributed by atoms with Crippen LogP contribution >= 0.6 is 0 Å². The summed E-state index contributed by atoms with van der Waals surface area (Å²) in [6.07, 6.45) is 3.82. The maximum absolute atomic E-state index is 12.2. The summed E-state index contributed by atoms with van der Waals surface area (Å²) in [5.74, 6) is 0.390. The molecule has 0 aliphatic heterocycles. The molecule has 1 aromatic carbocycles. The lowest BCUT2D eigenvalue weighted by Crippen LogP contribution is -2.24. The Hall–Kier alpha value is -3.35. The highest BCUT2D eigenvalue weighted by Crippen LogP contribution is 2.29. The minimum atomic E-state index is -0.375. The number of nitrogens with one attached hydrogen (secondary N) is 2. The number of nitrogens with zero attached hydrogens (tertiary/aromatic N) is 1. The molecule has 0 saturated carbocycles. The number of aromatic hydroxyl groups is 1. The highest BCUT2D eigenvalue weighted by molar-refractivity contribution is 6.07. The Morgan fingerprint density at radius 3 is 2.70 bits per heavy atom. The van der Waals surface area contributed by atoms with E-state index in [0.717, 1.165) is 18.4 Å². The molecule has 0 atom stereocenters. The molecule has 0 saturated heterocycles. The van der Waals surface area contributed by atoms with Crippen molar-refractivity contribution in [2.24, 2.45) is 5.10 Å². The van der Waals surface area contributed by atoms with Gasteiger partial charge in [-0.2, -0.15) is 5.10 Å². The smallest absolute Gasteiger partial charge is 0.287 e. The largest absolute Gasteiger partial charge is 0.508 e. The summed E-state index contributed by atoms with van der Waals surface area (Å²) in [5.41, 5.74) is 5.12. The molecule has 0 fully saturated rings. The predicted molar refractivity (Wildman–Crippen MR) is 101 cm³/mol.